The summed E-state index contributed by atoms with van der Waals surface area (Å²) in [6.07, 6.45) is 6.74. The van der Waals surface area contributed by atoms with Crippen LogP contribution in [-0.4, -0.2) is 36.2 Å². The molecule has 1 aliphatic rings. The van der Waals surface area contributed by atoms with E-state index >= 15 is 0 Å². The van der Waals surface area contributed by atoms with Gasteiger partial charge in [0.2, 0.25) is 11.9 Å². The van der Waals surface area contributed by atoms with Crippen LogP contribution in [0.5, 0.6) is 0 Å². The highest BCUT2D eigenvalue weighted by molar-refractivity contribution is 8.14. The van der Waals surface area contributed by atoms with Gasteiger partial charge in [-0.1, -0.05) is 0 Å². The lowest BCUT2D eigenvalue weighted by atomic mass is 10.0. The zero-order chi connectivity index (χ0) is 20.3. The number of thioether (sulfide) groups is 1. The minimum Gasteiger partial charge on any atom is -0.328 e. The van der Waals surface area contributed by atoms with E-state index in [0.717, 1.165) is 27.9 Å². The van der Waals surface area contributed by atoms with Crippen molar-refractivity contribution >= 4 is 40.0 Å². The predicted molar refractivity (Wildman–Crippen MR) is 116 cm³/mol. The lowest BCUT2D eigenvalue weighted by Gasteiger charge is -2.19. The van der Waals surface area contributed by atoms with E-state index < -0.39 is 0 Å². The van der Waals surface area contributed by atoms with Crippen LogP contribution in [0.1, 0.15) is 19.5 Å². The van der Waals surface area contributed by atoms with Gasteiger partial charge in [0.05, 0.1) is 17.1 Å². The quantitative estimate of drug-likeness (QED) is 0.650. The van der Waals surface area contributed by atoms with Gasteiger partial charge in [0.1, 0.15) is 12.1 Å². The minimum atomic E-state index is -0.322. The first-order valence-corrected chi connectivity index (χ1v) is 10.1. The second kappa shape index (κ2) is 8.04. The lowest BCUT2D eigenvalue weighted by molar-refractivity contribution is -0.116. The first-order chi connectivity index (χ1) is 14.0. The van der Waals surface area contributed by atoms with E-state index in [1.165, 1.54) is 0 Å². The highest BCUT2D eigenvalue weighted by Crippen LogP contribution is 2.35. The van der Waals surface area contributed by atoms with Crippen LogP contribution in [0, 0.1) is 0 Å². The summed E-state index contributed by atoms with van der Waals surface area (Å²) in [5.41, 5.74) is 2.12. The molecule has 1 aliphatic heterocycles. The Morgan fingerprint density at radius 3 is 2.69 bits per heavy atom. The molecule has 1 aromatic carbocycles. The minimum absolute atomic E-state index is 0.113. The van der Waals surface area contributed by atoms with Gasteiger partial charge in [-0.15, -0.1) is 11.8 Å². The zero-order valence-corrected chi connectivity index (χ0v) is 17.0. The number of amides is 1. The third-order valence-electron chi connectivity index (χ3n) is 4.48. The number of carbonyl (C=O) groups excluding carboxylic acids is 1. The van der Waals surface area contributed by atoms with Crippen LogP contribution in [0.15, 0.2) is 60.2 Å². The van der Waals surface area contributed by atoms with E-state index in [4.69, 9.17) is 4.99 Å². The summed E-state index contributed by atoms with van der Waals surface area (Å²) >= 11 is 1.75. The molecule has 2 aromatic heterocycles. The maximum atomic E-state index is 12.1. The molecule has 4 rings (SSSR count). The number of aliphatic imine (C=N–C) groups is 1. The standard InChI is InChI=1S/C20H21N7OS/c1-14-26-20(2,12-29-14)17-7-8-22-19(25-17)24-16-5-3-15(4-6-16)23-18(28)11-27-10-9-21-13-27/h3-10,13H,11-12H2,1-2H3,(H,23,28)(H,22,24,25). The van der Waals surface area contributed by atoms with Crippen LogP contribution in [0.4, 0.5) is 17.3 Å². The molecule has 1 amide bonds. The van der Waals surface area contributed by atoms with Gasteiger partial charge < -0.3 is 15.2 Å². The summed E-state index contributed by atoms with van der Waals surface area (Å²) in [6.45, 7) is 4.33. The molecule has 148 valence electrons. The van der Waals surface area contributed by atoms with Crippen molar-refractivity contribution in [2.24, 2.45) is 4.99 Å². The molecule has 3 aromatic rings. The number of benzene rings is 1. The van der Waals surface area contributed by atoms with Gasteiger partial charge in [0, 0.05) is 35.7 Å². The number of rotatable bonds is 6. The summed E-state index contributed by atoms with van der Waals surface area (Å²) in [5, 5.41) is 7.15. The predicted octanol–water partition coefficient (Wildman–Crippen LogP) is 3.44. The molecule has 3 heterocycles. The fourth-order valence-corrected chi connectivity index (χ4v) is 3.99. The monoisotopic (exact) mass is 407 g/mol. The van der Waals surface area contributed by atoms with Crippen LogP contribution < -0.4 is 10.6 Å². The van der Waals surface area contributed by atoms with Gasteiger partial charge in [-0.25, -0.2) is 15.0 Å². The van der Waals surface area contributed by atoms with Crippen molar-refractivity contribution in [3.63, 3.8) is 0 Å². The highest BCUT2D eigenvalue weighted by Gasteiger charge is 2.32. The maximum Gasteiger partial charge on any atom is 0.244 e. The second-order valence-electron chi connectivity index (χ2n) is 6.94. The molecule has 0 spiro atoms. The number of carbonyl (C=O) groups is 1. The Labute approximate surface area is 172 Å². The van der Waals surface area contributed by atoms with E-state index in [1.54, 1.807) is 41.2 Å². The average molecular weight is 408 g/mol. The van der Waals surface area contributed by atoms with Crippen molar-refractivity contribution in [2.75, 3.05) is 16.4 Å². The summed E-state index contributed by atoms with van der Waals surface area (Å²) in [7, 11) is 0. The molecule has 29 heavy (non-hydrogen) atoms. The number of aromatic nitrogens is 4. The molecule has 1 atom stereocenters. The van der Waals surface area contributed by atoms with Crippen LogP contribution >= 0.6 is 11.8 Å². The Morgan fingerprint density at radius 2 is 2.00 bits per heavy atom. The SMILES string of the molecule is CC1=NC(C)(c2ccnc(Nc3ccc(NC(=O)Cn4ccnc4)cc3)n2)CS1. The molecule has 0 radical (unpaired) electrons. The lowest BCUT2D eigenvalue weighted by Crippen LogP contribution is -2.21. The summed E-state index contributed by atoms with van der Waals surface area (Å²) in [4.78, 5) is 29.7. The first kappa shape index (κ1) is 19.1. The Morgan fingerprint density at radius 1 is 1.21 bits per heavy atom. The van der Waals surface area contributed by atoms with Gasteiger partial charge in [-0.3, -0.25) is 9.79 Å². The Kier molecular flexibility index (Phi) is 5.30. The second-order valence-corrected chi connectivity index (χ2v) is 8.11. The first-order valence-electron chi connectivity index (χ1n) is 9.16. The number of hydrogen-bond acceptors (Lipinski definition) is 7. The van der Waals surface area contributed by atoms with Gasteiger partial charge in [0.15, 0.2) is 0 Å². The largest absolute Gasteiger partial charge is 0.328 e. The number of hydrogen-bond donors (Lipinski definition) is 2. The fraction of sp³-hybridized carbons (Fsp3) is 0.250. The van der Waals surface area contributed by atoms with Crippen molar-refractivity contribution < 1.29 is 4.79 Å². The molecule has 8 nitrogen and oxygen atoms in total. The third kappa shape index (κ3) is 4.62. The molecule has 2 N–H and O–H groups in total. The van der Waals surface area contributed by atoms with Crippen molar-refractivity contribution in [3.05, 3.63) is 60.9 Å². The summed E-state index contributed by atoms with van der Waals surface area (Å²) < 4.78 is 1.71. The normalized spacial score (nSPS) is 18.3. The van der Waals surface area contributed by atoms with Crippen molar-refractivity contribution in [1.29, 1.82) is 0 Å². The van der Waals surface area contributed by atoms with E-state index in [-0.39, 0.29) is 18.0 Å². The van der Waals surface area contributed by atoms with Crippen LogP contribution in [0.2, 0.25) is 0 Å². The van der Waals surface area contributed by atoms with E-state index in [1.807, 2.05) is 37.3 Å². The number of imidazole rings is 1. The van der Waals surface area contributed by atoms with Gasteiger partial charge in [-0.2, -0.15) is 0 Å². The van der Waals surface area contributed by atoms with Crippen molar-refractivity contribution in [1.82, 2.24) is 19.5 Å². The van der Waals surface area contributed by atoms with E-state index in [0.29, 0.717) is 5.95 Å². The van der Waals surface area contributed by atoms with Crippen LogP contribution in [-0.2, 0) is 16.9 Å². The number of nitrogens with zero attached hydrogens (tertiary/aromatic N) is 5. The summed E-state index contributed by atoms with van der Waals surface area (Å²) in [6, 6.07) is 9.32. The average Bonchev–Trinajstić information content (AvgIpc) is 3.33. The molecule has 0 fully saturated rings. The molecular formula is C20H21N7OS. The molecular weight excluding hydrogens is 386 g/mol. The summed E-state index contributed by atoms with van der Waals surface area (Å²) in [5.74, 6) is 1.28. The van der Waals surface area contributed by atoms with Gasteiger partial charge in [0.25, 0.3) is 0 Å². The van der Waals surface area contributed by atoms with Crippen molar-refractivity contribution in [3.8, 4) is 0 Å². The molecule has 0 saturated carbocycles. The van der Waals surface area contributed by atoms with Crippen LogP contribution in [0.3, 0.4) is 0 Å². The zero-order valence-electron chi connectivity index (χ0n) is 16.2. The Hall–Kier alpha value is -3.20. The maximum absolute atomic E-state index is 12.1. The molecule has 0 aliphatic carbocycles. The topological polar surface area (TPSA) is 97.1 Å². The third-order valence-corrected chi connectivity index (χ3v) is 5.70. The van der Waals surface area contributed by atoms with Crippen molar-refractivity contribution in [2.45, 2.75) is 25.9 Å². The van der Waals surface area contributed by atoms with E-state index in [2.05, 4.69) is 32.5 Å². The van der Waals surface area contributed by atoms with Crippen LogP contribution in [0.25, 0.3) is 0 Å². The number of anilines is 3. The number of nitrogens with one attached hydrogen (secondary N) is 2. The molecule has 9 heteroatoms. The fourth-order valence-electron chi connectivity index (χ4n) is 3.02. The Balaban J connectivity index is 1.40. The Bertz CT molecular complexity index is 1030. The van der Waals surface area contributed by atoms with E-state index in [9.17, 15) is 4.79 Å². The smallest absolute Gasteiger partial charge is 0.244 e. The molecule has 1 unspecified atom stereocenters. The highest BCUT2D eigenvalue weighted by atomic mass is 32.2. The molecule has 0 bridgehead atoms. The van der Waals surface area contributed by atoms with Gasteiger partial charge >= 0.3 is 0 Å². The van der Waals surface area contributed by atoms with Gasteiger partial charge in [-0.05, 0) is 44.2 Å². The molecule has 0 saturated heterocycles.